The summed E-state index contributed by atoms with van der Waals surface area (Å²) in [6.07, 6.45) is 0.287. The number of hydrogen-bond acceptors (Lipinski definition) is 2. The van der Waals surface area contributed by atoms with Crippen LogP contribution in [0.25, 0.3) is 0 Å². The van der Waals surface area contributed by atoms with Gasteiger partial charge < -0.3 is 5.32 Å². The SMILES string of the molecule is CC(C)(C)c1ccc(C(CC(=O)c2ccc(F)cc2)Nc2ccccc2)cc1. The number of Topliss-reactive ketones (excluding diaryl/α,β-unsaturated/α-hetero) is 1. The zero-order chi connectivity index (χ0) is 20.1. The van der Waals surface area contributed by atoms with E-state index in [0.29, 0.717) is 5.56 Å². The maximum Gasteiger partial charge on any atom is 0.165 e. The average molecular weight is 375 g/mol. The summed E-state index contributed by atoms with van der Waals surface area (Å²) in [5.74, 6) is -0.360. The summed E-state index contributed by atoms with van der Waals surface area (Å²) >= 11 is 0. The van der Waals surface area contributed by atoms with Crippen molar-refractivity contribution in [2.24, 2.45) is 0 Å². The summed E-state index contributed by atoms with van der Waals surface area (Å²) in [5, 5.41) is 3.47. The second-order valence-electron chi connectivity index (χ2n) is 8.07. The average Bonchev–Trinajstić information content (AvgIpc) is 2.68. The third-order valence-corrected chi connectivity index (χ3v) is 4.85. The van der Waals surface area contributed by atoms with Crippen LogP contribution in [0.3, 0.4) is 0 Å². The Morgan fingerprint density at radius 1 is 0.893 bits per heavy atom. The van der Waals surface area contributed by atoms with Crippen molar-refractivity contribution in [3.05, 3.63) is 101 Å². The smallest absolute Gasteiger partial charge is 0.165 e. The highest BCUT2D eigenvalue weighted by Gasteiger charge is 2.19. The predicted molar refractivity (Wildman–Crippen MR) is 113 cm³/mol. The number of carbonyl (C=O) groups is 1. The molecule has 0 saturated heterocycles. The van der Waals surface area contributed by atoms with E-state index in [-0.39, 0.29) is 29.5 Å². The summed E-state index contributed by atoms with van der Waals surface area (Å²) < 4.78 is 13.2. The standard InChI is InChI=1S/C25H26FNO/c1-25(2,3)20-13-9-18(10-14-20)23(27-22-7-5-4-6-8-22)17-24(28)19-11-15-21(26)16-12-19/h4-16,23,27H,17H2,1-3H3. The third kappa shape index (κ3) is 5.07. The van der Waals surface area contributed by atoms with Gasteiger partial charge in [-0.1, -0.05) is 63.2 Å². The van der Waals surface area contributed by atoms with Gasteiger partial charge in [0.15, 0.2) is 5.78 Å². The van der Waals surface area contributed by atoms with Crippen LogP contribution in [0.4, 0.5) is 10.1 Å². The molecule has 0 aliphatic carbocycles. The van der Waals surface area contributed by atoms with Crippen molar-refractivity contribution >= 4 is 11.5 Å². The normalized spacial score (nSPS) is 12.4. The first-order valence-electron chi connectivity index (χ1n) is 9.54. The van der Waals surface area contributed by atoms with Gasteiger partial charge in [0, 0.05) is 17.7 Å². The summed E-state index contributed by atoms with van der Waals surface area (Å²) in [6, 6.07) is 23.8. The quantitative estimate of drug-likeness (QED) is 0.495. The molecule has 3 rings (SSSR count). The zero-order valence-corrected chi connectivity index (χ0v) is 16.6. The lowest BCUT2D eigenvalue weighted by Crippen LogP contribution is -2.17. The fourth-order valence-corrected chi connectivity index (χ4v) is 3.14. The van der Waals surface area contributed by atoms with Gasteiger partial charge in [0.1, 0.15) is 5.82 Å². The fourth-order valence-electron chi connectivity index (χ4n) is 3.14. The van der Waals surface area contributed by atoms with Gasteiger partial charge in [-0.3, -0.25) is 4.79 Å². The topological polar surface area (TPSA) is 29.1 Å². The Balaban J connectivity index is 1.86. The molecule has 1 atom stereocenters. The summed E-state index contributed by atoms with van der Waals surface area (Å²) in [6.45, 7) is 6.54. The van der Waals surface area contributed by atoms with E-state index < -0.39 is 0 Å². The maximum atomic E-state index is 13.2. The molecule has 2 nitrogen and oxygen atoms in total. The van der Waals surface area contributed by atoms with Crippen LogP contribution >= 0.6 is 0 Å². The summed E-state index contributed by atoms with van der Waals surface area (Å²) in [7, 11) is 0. The number of ketones is 1. The number of hydrogen-bond donors (Lipinski definition) is 1. The van der Waals surface area contributed by atoms with Crippen molar-refractivity contribution in [3.8, 4) is 0 Å². The Morgan fingerprint density at radius 3 is 2.07 bits per heavy atom. The van der Waals surface area contributed by atoms with Crippen LogP contribution in [-0.2, 0) is 5.41 Å². The van der Waals surface area contributed by atoms with Crippen LogP contribution < -0.4 is 5.32 Å². The Morgan fingerprint density at radius 2 is 1.50 bits per heavy atom. The van der Waals surface area contributed by atoms with Gasteiger partial charge in [-0.15, -0.1) is 0 Å². The molecule has 0 saturated carbocycles. The molecule has 3 aromatic carbocycles. The number of rotatable bonds is 6. The lowest BCUT2D eigenvalue weighted by atomic mass is 9.86. The second-order valence-corrected chi connectivity index (χ2v) is 8.07. The van der Waals surface area contributed by atoms with Crippen LogP contribution in [-0.4, -0.2) is 5.78 Å². The van der Waals surface area contributed by atoms with Crippen molar-refractivity contribution in [3.63, 3.8) is 0 Å². The Kier molecular flexibility index (Phi) is 5.93. The lowest BCUT2D eigenvalue weighted by Gasteiger charge is -2.23. The third-order valence-electron chi connectivity index (χ3n) is 4.85. The van der Waals surface area contributed by atoms with E-state index in [4.69, 9.17) is 0 Å². The predicted octanol–water partition coefficient (Wildman–Crippen LogP) is 6.55. The van der Waals surface area contributed by atoms with Gasteiger partial charge in [0.05, 0.1) is 6.04 Å². The van der Waals surface area contributed by atoms with E-state index in [1.54, 1.807) is 12.1 Å². The minimum absolute atomic E-state index is 0.0201. The lowest BCUT2D eigenvalue weighted by molar-refractivity contribution is 0.0976. The minimum atomic E-state index is -0.340. The van der Waals surface area contributed by atoms with E-state index in [2.05, 4.69) is 50.4 Å². The van der Waals surface area contributed by atoms with Gasteiger partial charge in [-0.25, -0.2) is 4.39 Å². The minimum Gasteiger partial charge on any atom is -0.378 e. The molecule has 3 aromatic rings. The van der Waals surface area contributed by atoms with Gasteiger partial charge >= 0.3 is 0 Å². The van der Waals surface area contributed by atoms with Crippen molar-refractivity contribution in [1.29, 1.82) is 0 Å². The summed E-state index contributed by atoms with van der Waals surface area (Å²) in [4.78, 5) is 12.8. The van der Waals surface area contributed by atoms with Gasteiger partial charge in [0.2, 0.25) is 0 Å². The molecule has 28 heavy (non-hydrogen) atoms. The number of halogens is 1. The van der Waals surface area contributed by atoms with Crippen molar-refractivity contribution < 1.29 is 9.18 Å². The Hall–Kier alpha value is -2.94. The van der Waals surface area contributed by atoms with Crippen molar-refractivity contribution in [2.45, 2.75) is 38.6 Å². The molecular weight excluding hydrogens is 349 g/mol. The zero-order valence-electron chi connectivity index (χ0n) is 16.6. The first kappa shape index (κ1) is 19.8. The first-order chi connectivity index (χ1) is 13.3. The van der Waals surface area contributed by atoms with Gasteiger partial charge in [-0.2, -0.15) is 0 Å². The molecule has 0 heterocycles. The molecule has 3 heteroatoms. The molecular formula is C25H26FNO. The van der Waals surface area contributed by atoms with Crippen molar-refractivity contribution in [1.82, 2.24) is 0 Å². The molecule has 0 aromatic heterocycles. The van der Waals surface area contributed by atoms with Crippen LogP contribution in [0.15, 0.2) is 78.9 Å². The highest BCUT2D eigenvalue weighted by atomic mass is 19.1. The molecule has 0 radical (unpaired) electrons. The molecule has 1 N–H and O–H groups in total. The molecule has 0 aliphatic heterocycles. The Labute approximate surface area is 166 Å². The highest BCUT2D eigenvalue weighted by Crippen LogP contribution is 2.28. The van der Waals surface area contributed by atoms with Crippen LogP contribution in [0, 0.1) is 5.82 Å². The van der Waals surface area contributed by atoms with E-state index >= 15 is 0 Å². The van der Waals surface area contributed by atoms with E-state index in [1.165, 1.54) is 17.7 Å². The number of anilines is 1. The van der Waals surface area contributed by atoms with E-state index in [1.807, 2.05) is 30.3 Å². The molecule has 0 bridgehead atoms. The van der Waals surface area contributed by atoms with Crippen LogP contribution in [0.5, 0.6) is 0 Å². The van der Waals surface area contributed by atoms with Crippen LogP contribution in [0.1, 0.15) is 54.7 Å². The number of para-hydroxylation sites is 1. The monoisotopic (exact) mass is 375 g/mol. The second kappa shape index (κ2) is 8.39. The van der Waals surface area contributed by atoms with Crippen molar-refractivity contribution in [2.75, 3.05) is 5.32 Å². The van der Waals surface area contributed by atoms with Crippen LogP contribution in [0.2, 0.25) is 0 Å². The fraction of sp³-hybridized carbons (Fsp3) is 0.240. The Bertz CT molecular complexity index is 910. The summed E-state index contributed by atoms with van der Waals surface area (Å²) in [5.41, 5.74) is 3.85. The highest BCUT2D eigenvalue weighted by molar-refractivity contribution is 5.96. The number of benzene rings is 3. The molecule has 144 valence electrons. The maximum absolute atomic E-state index is 13.2. The molecule has 0 aliphatic rings. The molecule has 0 amide bonds. The van der Waals surface area contributed by atoms with E-state index in [9.17, 15) is 9.18 Å². The molecule has 0 fully saturated rings. The van der Waals surface area contributed by atoms with Gasteiger partial charge in [-0.05, 0) is 52.9 Å². The van der Waals surface area contributed by atoms with Gasteiger partial charge in [0.25, 0.3) is 0 Å². The number of carbonyl (C=O) groups excluding carboxylic acids is 1. The number of nitrogens with one attached hydrogen (secondary N) is 1. The molecule has 1 unspecified atom stereocenters. The largest absolute Gasteiger partial charge is 0.378 e. The first-order valence-corrected chi connectivity index (χ1v) is 9.54. The molecule has 0 spiro atoms. The van der Waals surface area contributed by atoms with E-state index in [0.717, 1.165) is 11.3 Å².